The Balaban J connectivity index is 1.64. The molecule has 6 nitrogen and oxygen atoms in total. The Bertz CT molecular complexity index is 768. The van der Waals surface area contributed by atoms with E-state index in [2.05, 4.69) is 0 Å². The first kappa shape index (κ1) is 16.8. The van der Waals surface area contributed by atoms with Gasteiger partial charge >= 0.3 is 0 Å². The molecule has 0 unspecified atom stereocenters. The molecule has 1 N–H and O–H groups in total. The van der Waals surface area contributed by atoms with Crippen molar-refractivity contribution < 1.29 is 19.4 Å². The Labute approximate surface area is 146 Å². The number of benzene rings is 2. The van der Waals surface area contributed by atoms with Crippen LogP contribution in [0.25, 0.3) is 0 Å². The molecule has 6 heteroatoms. The number of hydrogen-bond acceptors (Lipinski definition) is 4. The number of phenols is 1. The number of carbonyl (C=O) groups is 2. The maximum absolute atomic E-state index is 12.6. The number of aromatic hydroxyl groups is 1. The molecule has 1 saturated heterocycles. The normalized spacial score (nSPS) is 14.3. The molecule has 0 bridgehead atoms. The third kappa shape index (κ3) is 3.57. The molecular formula is C19H20N2O4. The van der Waals surface area contributed by atoms with Crippen molar-refractivity contribution in [3.63, 3.8) is 0 Å². The largest absolute Gasteiger partial charge is 0.507 e. The molecule has 1 heterocycles. The molecule has 25 heavy (non-hydrogen) atoms. The van der Waals surface area contributed by atoms with Crippen LogP contribution >= 0.6 is 0 Å². The van der Waals surface area contributed by atoms with Crippen molar-refractivity contribution in [2.75, 3.05) is 33.3 Å². The minimum absolute atomic E-state index is 0.0278. The molecule has 1 fully saturated rings. The van der Waals surface area contributed by atoms with E-state index in [9.17, 15) is 14.7 Å². The maximum atomic E-state index is 12.6. The molecule has 0 radical (unpaired) electrons. The second-order valence-electron chi connectivity index (χ2n) is 5.83. The minimum Gasteiger partial charge on any atom is -0.507 e. The summed E-state index contributed by atoms with van der Waals surface area (Å²) < 4.78 is 5.03. The van der Waals surface area contributed by atoms with E-state index in [1.807, 2.05) is 18.2 Å². The highest BCUT2D eigenvalue weighted by atomic mass is 16.5. The van der Waals surface area contributed by atoms with Crippen LogP contribution in [0.4, 0.5) is 0 Å². The van der Waals surface area contributed by atoms with E-state index in [0.717, 1.165) is 0 Å². The Morgan fingerprint density at radius 1 is 0.920 bits per heavy atom. The van der Waals surface area contributed by atoms with Gasteiger partial charge in [-0.15, -0.1) is 0 Å². The lowest BCUT2D eigenvalue weighted by atomic mass is 10.1. The molecule has 1 aliphatic rings. The number of hydrogen-bond donors (Lipinski definition) is 1. The molecule has 2 amide bonds. The molecule has 3 rings (SSSR count). The van der Waals surface area contributed by atoms with Gasteiger partial charge in [0.2, 0.25) is 0 Å². The smallest absolute Gasteiger partial charge is 0.257 e. The molecule has 0 spiro atoms. The first-order chi connectivity index (χ1) is 12.1. The summed E-state index contributed by atoms with van der Waals surface area (Å²) in [6, 6.07) is 13.7. The average Bonchev–Trinajstić information content (AvgIpc) is 2.67. The lowest BCUT2D eigenvalue weighted by molar-refractivity contribution is 0.0533. The highest BCUT2D eigenvalue weighted by molar-refractivity contribution is 5.97. The summed E-state index contributed by atoms with van der Waals surface area (Å²) in [5, 5.41) is 10.0. The monoisotopic (exact) mass is 340 g/mol. The maximum Gasteiger partial charge on any atom is 0.257 e. The molecule has 0 atom stereocenters. The number of amides is 2. The lowest BCUT2D eigenvalue weighted by Gasteiger charge is -2.35. The zero-order valence-electron chi connectivity index (χ0n) is 14.0. The summed E-state index contributed by atoms with van der Waals surface area (Å²) in [6.07, 6.45) is 0. The lowest BCUT2D eigenvalue weighted by Crippen LogP contribution is -2.50. The predicted molar refractivity (Wildman–Crippen MR) is 92.9 cm³/mol. The van der Waals surface area contributed by atoms with E-state index in [-0.39, 0.29) is 23.1 Å². The van der Waals surface area contributed by atoms with Crippen molar-refractivity contribution in [3.05, 3.63) is 59.7 Å². The first-order valence-corrected chi connectivity index (χ1v) is 8.11. The van der Waals surface area contributed by atoms with E-state index in [0.29, 0.717) is 37.5 Å². The van der Waals surface area contributed by atoms with Crippen molar-refractivity contribution in [2.24, 2.45) is 0 Å². The van der Waals surface area contributed by atoms with Crippen LogP contribution in [0.1, 0.15) is 20.7 Å². The van der Waals surface area contributed by atoms with Gasteiger partial charge in [-0.05, 0) is 24.3 Å². The van der Waals surface area contributed by atoms with E-state index in [1.54, 1.807) is 34.1 Å². The predicted octanol–water partition coefficient (Wildman–Crippen LogP) is 2.00. The highest BCUT2D eigenvalue weighted by Gasteiger charge is 2.26. The van der Waals surface area contributed by atoms with Gasteiger partial charge in [-0.25, -0.2) is 0 Å². The van der Waals surface area contributed by atoms with Crippen molar-refractivity contribution in [3.8, 4) is 11.5 Å². The summed E-state index contributed by atoms with van der Waals surface area (Å²) in [4.78, 5) is 28.4. The zero-order chi connectivity index (χ0) is 17.8. The second-order valence-corrected chi connectivity index (χ2v) is 5.83. The minimum atomic E-state index is -0.244. The van der Waals surface area contributed by atoms with Gasteiger partial charge < -0.3 is 19.6 Å². The van der Waals surface area contributed by atoms with Crippen LogP contribution in [0.2, 0.25) is 0 Å². The van der Waals surface area contributed by atoms with Crippen LogP contribution < -0.4 is 4.74 Å². The number of methoxy groups -OCH3 is 1. The van der Waals surface area contributed by atoms with Gasteiger partial charge in [0.15, 0.2) is 0 Å². The number of rotatable bonds is 3. The van der Waals surface area contributed by atoms with Crippen molar-refractivity contribution in [2.45, 2.75) is 0 Å². The van der Waals surface area contributed by atoms with Crippen molar-refractivity contribution in [1.82, 2.24) is 9.80 Å². The van der Waals surface area contributed by atoms with Crippen LogP contribution in [0.15, 0.2) is 48.5 Å². The van der Waals surface area contributed by atoms with Crippen molar-refractivity contribution >= 4 is 11.8 Å². The Kier molecular flexibility index (Phi) is 4.88. The van der Waals surface area contributed by atoms with Gasteiger partial charge in [0.25, 0.3) is 11.8 Å². The van der Waals surface area contributed by atoms with E-state index >= 15 is 0 Å². The van der Waals surface area contributed by atoms with Gasteiger partial charge in [-0.3, -0.25) is 9.59 Å². The van der Waals surface area contributed by atoms with E-state index < -0.39 is 0 Å². The summed E-state index contributed by atoms with van der Waals surface area (Å²) in [6.45, 7) is 1.80. The Morgan fingerprint density at radius 2 is 1.52 bits per heavy atom. The van der Waals surface area contributed by atoms with Crippen LogP contribution in [0, 0.1) is 0 Å². The molecule has 0 aromatic heterocycles. The van der Waals surface area contributed by atoms with Crippen molar-refractivity contribution in [1.29, 1.82) is 0 Å². The average molecular weight is 340 g/mol. The molecule has 1 aliphatic heterocycles. The van der Waals surface area contributed by atoms with E-state index in [4.69, 9.17) is 4.74 Å². The third-order valence-corrected chi connectivity index (χ3v) is 4.31. The summed E-state index contributed by atoms with van der Waals surface area (Å²) in [5.74, 6) is 0.117. The molecule has 2 aromatic carbocycles. The number of carbonyl (C=O) groups excluding carboxylic acids is 2. The number of nitrogens with zero attached hydrogens (tertiary/aromatic N) is 2. The molecule has 0 aliphatic carbocycles. The first-order valence-electron chi connectivity index (χ1n) is 8.11. The molecular weight excluding hydrogens is 320 g/mol. The van der Waals surface area contributed by atoms with Gasteiger partial charge in [-0.2, -0.15) is 0 Å². The quantitative estimate of drug-likeness (QED) is 0.928. The van der Waals surface area contributed by atoms with Crippen LogP contribution in [0.5, 0.6) is 11.5 Å². The van der Waals surface area contributed by atoms with E-state index in [1.165, 1.54) is 13.2 Å². The zero-order valence-corrected chi connectivity index (χ0v) is 14.0. The standard InChI is InChI=1S/C19H20N2O4/c1-25-15-7-8-16(17(22)13-15)19(24)21-11-9-20(10-12-21)18(23)14-5-3-2-4-6-14/h2-8,13,22H,9-12H2,1H3. The fourth-order valence-electron chi connectivity index (χ4n) is 2.87. The molecule has 2 aromatic rings. The van der Waals surface area contributed by atoms with Gasteiger partial charge in [0.1, 0.15) is 11.5 Å². The molecule has 0 saturated carbocycles. The fourth-order valence-corrected chi connectivity index (χ4v) is 2.87. The van der Waals surface area contributed by atoms with Crippen LogP contribution in [-0.4, -0.2) is 60.0 Å². The summed E-state index contributed by atoms with van der Waals surface area (Å²) in [7, 11) is 1.50. The van der Waals surface area contributed by atoms with Gasteiger partial charge in [0, 0.05) is 37.8 Å². The summed E-state index contributed by atoms with van der Waals surface area (Å²) in [5.41, 5.74) is 0.888. The Hall–Kier alpha value is -3.02. The topological polar surface area (TPSA) is 70.1 Å². The fraction of sp³-hybridized carbons (Fsp3) is 0.263. The SMILES string of the molecule is COc1ccc(C(=O)N2CCN(C(=O)c3ccccc3)CC2)c(O)c1. The van der Waals surface area contributed by atoms with Gasteiger partial charge in [-0.1, -0.05) is 18.2 Å². The second kappa shape index (κ2) is 7.25. The third-order valence-electron chi connectivity index (χ3n) is 4.31. The Morgan fingerprint density at radius 3 is 2.08 bits per heavy atom. The van der Waals surface area contributed by atoms with Gasteiger partial charge in [0.05, 0.1) is 12.7 Å². The molecule has 130 valence electrons. The highest BCUT2D eigenvalue weighted by Crippen LogP contribution is 2.25. The van der Waals surface area contributed by atoms with Crippen LogP contribution in [-0.2, 0) is 0 Å². The number of ether oxygens (including phenoxy) is 1. The van der Waals surface area contributed by atoms with Crippen LogP contribution in [0.3, 0.4) is 0 Å². The number of piperazine rings is 1. The summed E-state index contributed by atoms with van der Waals surface area (Å²) >= 11 is 0. The number of phenolic OH excluding ortho intramolecular Hbond substituents is 1.